The molecule has 0 spiro atoms. The summed E-state index contributed by atoms with van der Waals surface area (Å²) < 4.78 is 0. The number of hydrogen-bond donors (Lipinski definition) is 1. The molecule has 0 saturated heterocycles. The van der Waals surface area contributed by atoms with Gasteiger partial charge in [-0.1, -0.05) is 12.1 Å². The van der Waals surface area contributed by atoms with Crippen molar-refractivity contribution >= 4 is 17.7 Å². The highest BCUT2D eigenvalue weighted by molar-refractivity contribution is 7.99. The second-order valence-electron chi connectivity index (χ2n) is 5.21. The Balaban J connectivity index is 1.54. The number of amides is 1. The third kappa shape index (κ3) is 2.89. The number of rotatable bonds is 4. The molecule has 1 N–H and O–H groups in total. The third-order valence-corrected chi connectivity index (χ3v) is 4.84. The highest BCUT2D eigenvalue weighted by Gasteiger charge is 2.28. The molecule has 0 radical (unpaired) electrons. The average molecular weight is 261 g/mol. The van der Waals surface area contributed by atoms with Crippen molar-refractivity contribution in [2.75, 3.05) is 12.3 Å². The van der Waals surface area contributed by atoms with E-state index >= 15 is 0 Å². The van der Waals surface area contributed by atoms with Crippen molar-refractivity contribution < 1.29 is 4.79 Å². The van der Waals surface area contributed by atoms with Crippen LogP contribution in [0, 0.1) is 5.92 Å². The van der Waals surface area contributed by atoms with E-state index in [4.69, 9.17) is 0 Å². The fraction of sp³-hybridized carbons (Fsp3) is 0.533. The molecule has 1 aliphatic carbocycles. The molecule has 0 aromatic heterocycles. The Morgan fingerprint density at radius 2 is 2.28 bits per heavy atom. The molecule has 3 rings (SSSR count). The summed E-state index contributed by atoms with van der Waals surface area (Å²) in [4.78, 5) is 13.0. The fourth-order valence-corrected chi connectivity index (χ4v) is 3.41. The predicted octanol–water partition coefficient (Wildman–Crippen LogP) is 2.79. The Bertz CT molecular complexity index is 454. The maximum absolute atomic E-state index is 11.5. The molecular formula is C15H19NOS. The molecule has 0 bridgehead atoms. The minimum atomic E-state index is 0.253. The first-order valence-corrected chi connectivity index (χ1v) is 7.84. The standard InChI is InChI=1S/C15H19NOS/c17-15(12-4-5-12)16-8-7-11-3-6-14-13(10-11)2-1-9-18-14/h3,6,10,12H,1-2,4-5,7-9H2,(H,16,17). The molecule has 1 heterocycles. The number of hydrogen-bond acceptors (Lipinski definition) is 2. The molecule has 96 valence electrons. The van der Waals surface area contributed by atoms with Gasteiger partial charge in [-0.25, -0.2) is 0 Å². The van der Waals surface area contributed by atoms with E-state index < -0.39 is 0 Å². The van der Waals surface area contributed by atoms with E-state index in [9.17, 15) is 4.79 Å². The summed E-state index contributed by atoms with van der Waals surface area (Å²) in [7, 11) is 0. The Morgan fingerprint density at radius 1 is 1.39 bits per heavy atom. The number of carbonyl (C=O) groups is 1. The van der Waals surface area contributed by atoms with Gasteiger partial charge in [0.1, 0.15) is 0 Å². The first-order chi connectivity index (χ1) is 8.83. The lowest BCUT2D eigenvalue weighted by Gasteiger charge is -2.16. The summed E-state index contributed by atoms with van der Waals surface area (Å²) in [6, 6.07) is 6.78. The number of carbonyl (C=O) groups excluding carboxylic acids is 1. The van der Waals surface area contributed by atoms with Gasteiger partial charge in [0.2, 0.25) is 5.91 Å². The van der Waals surface area contributed by atoms with Gasteiger partial charge in [0.25, 0.3) is 0 Å². The van der Waals surface area contributed by atoms with E-state index in [2.05, 4.69) is 23.5 Å². The molecular weight excluding hydrogens is 242 g/mol. The fourth-order valence-electron chi connectivity index (χ4n) is 2.39. The molecule has 2 aliphatic rings. The monoisotopic (exact) mass is 261 g/mol. The van der Waals surface area contributed by atoms with Gasteiger partial charge < -0.3 is 5.32 Å². The Labute approximate surface area is 113 Å². The molecule has 1 aromatic carbocycles. The zero-order chi connectivity index (χ0) is 12.4. The number of nitrogens with one attached hydrogen (secondary N) is 1. The quantitative estimate of drug-likeness (QED) is 0.903. The molecule has 1 aliphatic heterocycles. The average Bonchev–Trinajstić information content (AvgIpc) is 3.23. The highest BCUT2D eigenvalue weighted by Crippen LogP contribution is 2.30. The Hall–Kier alpha value is -0.960. The van der Waals surface area contributed by atoms with Crippen molar-refractivity contribution in [2.24, 2.45) is 5.92 Å². The van der Waals surface area contributed by atoms with Crippen LogP contribution < -0.4 is 5.32 Å². The lowest BCUT2D eigenvalue weighted by atomic mass is 10.0. The number of benzene rings is 1. The van der Waals surface area contributed by atoms with E-state index in [-0.39, 0.29) is 5.91 Å². The second-order valence-corrected chi connectivity index (χ2v) is 6.35. The molecule has 0 unspecified atom stereocenters. The van der Waals surface area contributed by atoms with Crippen LogP contribution in [0.5, 0.6) is 0 Å². The van der Waals surface area contributed by atoms with E-state index in [0.717, 1.165) is 25.8 Å². The van der Waals surface area contributed by atoms with Gasteiger partial charge in [-0.3, -0.25) is 4.79 Å². The van der Waals surface area contributed by atoms with Crippen molar-refractivity contribution in [1.29, 1.82) is 0 Å². The summed E-state index contributed by atoms with van der Waals surface area (Å²) in [5.74, 6) is 1.83. The van der Waals surface area contributed by atoms with Gasteiger partial charge in [-0.2, -0.15) is 0 Å². The van der Waals surface area contributed by atoms with Gasteiger partial charge in [-0.05, 0) is 55.1 Å². The van der Waals surface area contributed by atoms with E-state index in [1.54, 1.807) is 0 Å². The van der Waals surface area contributed by atoms with Crippen LogP contribution >= 0.6 is 11.8 Å². The molecule has 1 fully saturated rings. The second kappa shape index (κ2) is 5.35. The van der Waals surface area contributed by atoms with Gasteiger partial charge in [-0.15, -0.1) is 11.8 Å². The summed E-state index contributed by atoms with van der Waals surface area (Å²) in [6.45, 7) is 0.779. The highest BCUT2D eigenvalue weighted by atomic mass is 32.2. The third-order valence-electron chi connectivity index (χ3n) is 3.63. The molecule has 1 amide bonds. The van der Waals surface area contributed by atoms with Gasteiger partial charge in [0.15, 0.2) is 0 Å². The van der Waals surface area contributed by atoms with Crippen LogP contribution in [0.15, 0.2) is 23.1 Å². The predicted molar refractivity (Wildman–Crippen MR) is 74.9 cm³/mol. The molecule has 18 heavy (non-hydrogen) atoms. The summed E-state index contributed by atoms with van der Waals surface area (Å²) in [5, 5.41) is 3.03. The minimum absolute atomic E-state index is 0.253. The molecule has 1 aromatic rings. The largest absolute Gasteiger partial charge is 0.356 e. The number of thioether (sulfide) groups is 1. The molecule has 2 nitrogen and oxygen atoms in total. The Kier molecular flexibility index (Phi) is 3.59. The summed E-state index contributed by atoms with van der Waals surface area (Å²) in [6.07, 6.45) is 5.63. The van der Waals surface area contributed by atoms with Crippen molar-refractivity contribution in [3.05, 3.63) is 29.3 Å². The number of aryl methyl sites for hydroxylation is 1. The van der Waals surface area contributed by atoms with Crippen molar-refractivity contribution in [2.45, 2.75) is 37.0 Å². The van der Waals surface area contributed by atoms with Crippen molar-refractivity contribution in [1.82, 2.24) is 5.32 Å². The normalized spacial score (nSPS) is 18.2. The van der Waals surface area contributed by atoms with Crippen LogP contribution in [0.3, 0.4) is 0 Å². The Morgan fingerprint density at radius 3 is 3.11 bits per heavy atom. The first kappa shape index (κ1) is 12.1. The topological polar surface area (TPSA) is 29.1 Å². The lowest BCUT2D eigenvalue weighted by molar-refractivity contribution is -0.122. The van der Waals surface area contributed by atoms with Crippen LogP contribution in [0.1, 0.15) is 30.4 Å². The maximum atomic E-state index is 11.5. The van der Waals surface area contributed by atoms with Crippen LogP contribution in [0.25, 0.3) is 0 Å². The molecule has 1 saturated carbocycles. The minimum Gasteiger partial charge on any atom is -0.356 e. The van der Waals surface area contributed by atoms with Gasteiger partial charge >= 0.3 is 0 Å². The zero-order valence-electron chi connectivity index (χ0n) is 10.6. The van der Waals surface area contributed by atoms with Crippen LogP contribution in [0.2, 0.25) is 0 Å². The molecule has 0 atom stereocenters. The van der Waals surface area contributed by atoms with Gasteiger partial charge in [0, 0.05) is 17.4 Å². The lowest BCUT2D eigenvalue weighted by Crippen LogP contribution is -2.26. The smallest absolute Gasteiger partial charge is 0.223 e. The van der Waals surface area contributed by atoms with Crippen molar-refractivity contribution in [3.63, 3.8) is 0 Å². The van der Waals surface area contributed by atoms with Crippen LogP contribution in [0.4, 0.5) is 0 Å². The van der Waals surface area contributed by atoms with E-state index in [1.165, 1.54) is 34.6 Å². The van der Waals surface area contributed by atoms with Gasteiger partial charge in [0.05, 0.1) is 0 Å². The summed E-state index contributed by atoms with van der Waals surface area (Å²) in [5.41, 5.74) is 2.85. The zero-order valence-corrected chi connectivity index (χ0v) is 11.4. The maximum Gasteiger partial charge on any atom is 0.223 e. The SMILES string of the molecule is O=C(NCCc1ccc2c(c1)CCCS2)C1CC1. The van der Waals surface area contributed by atoms with Crippen LogP contribution in [-0.2, 0) is 17.6 Å². The first-order valence-electron chi connectivity index (χ1n) is 6.85. The van der Waals surface area contributed by atoms with E-state index in [1.807, 2.05) is 11.8 Å². The molecule has 3 heteroatoms. The summed E-state index contributed by atoms with van der Waals surface area (Å²) >= 11 is 1.97. The number of fused-ring (bicyclic) bond motifs is 1. The van der Waals surface area contributed by atoms with E-state index in [0.29, 0.717) is 5.92 Å². The van der Waals surface area contributed by atoms with Crippen molar-refractivity contribution in [3.8, 4) is 0 Å². The van der Waals surface area contributed by atoms with Crippen LogP contribution in [-0.4, -0.2) is 18.2 Å².